The minimum absolute atomic E-state index is 0. The van der Waals surface area contributed by atoms with E-state index in [9.17, 15) is 18.0 Å². The van der Waals surface area contributed by atoms with E-state index in [4.69, 9.17) is 0 Å². The first-order valence-corrected chi connectivity index (χ1v) is 7.35. The molecule has 1 aliphatic rings. The number of aromatic nitrogens is 1. The van der Waals surface area contributed by atoms with E-state index in [1.165, 1.54) is 0 Å². The van der Waals surface area contributed by atoms with E-state index in [2.05, 4.69) is 15.6 Å². The Morgan fingerprint density at radius 3 is 2.86 bits per heavy atom. The number of nitrogens with one attached hydrogen (secondary N) is 2. The highest BCUT2D eigenvalue weighted by Gasteiger charge is 2.33. The lowest BCUT2D eigenvalue weighted by molar-refractivity contribution is -0.140. The van der Waals surface area contributed by atoms with Crippen LogP contribution in [0.4, 0.5) is 13.2 Å². The Bertz CT molecular complexity index is 461. The average molecular weight is 344 g/mol. The van der Waals surface area contributed by atoms with Gasteiger partial charge in [0.1, 0.15) is 0 Å². The molecule has 0 saturated carbocycles. The third kappa shape index (κ3) is 5.44. The summed E-state index contributed by atoms with van der Waals surface area (Å²) in [5, 5.41) is 7.29. The van der Waals surface area contributed by atoms with Crippen LogP contribution in [0, 0.1) is 5.92 Å². The van der Waals surface area contributed by atoms with E-state index < -0.39 is 11.9 Å². The van der Waals surface area contributed by atoms with Crippen LogP contribution < -0.4 is 10.6 Å². The van der Waals surface area contributed by atoms with E-state index >= 15 is 0 Å². The smallest absolute Gasteiger partial charge is 0.355 e. The molecule has 1 saturated heterocycles. The maximum absolute atomic E-state index is 12.4. The Morgan fingerprint density at radius 1 is 1.52 bits per heavy atom. The highest BCUT2D eigenvalue weighted by molar-refractivity contribution is 7.09. The molecule has 4 nitrogen and oxygen atoms in total. The fourth-order valence-electron chi connectivity index (χ4n) is 2.07. The number of piperidine rings is 1. The summed E-state index contributed by atoms with van der Waals surface area (Å²) in [6, 6.07) is 0. The van der Waals surface area contributed by atoms with Crippen LogP contribution in [0.25, 0.3) is 0 Å². The predicted molar refractivity (Wildman–Crippen MR) is 76.7 cm³/mol. The molecule has 2 rings (SSSR count). The summed E-state index contributed by atoms with van der Waals surface area (Å²) in [4.78, 5) is 15.3. The van der Waals surface area contributed by atoms with Crippen LogP contribution in [0.5, 0.6) is 0 Å². The molecule has 21 heavy (non-hydrogen) atoms. The number of rotatable bonds is 4. The molecule has 1 amide bonds. The molecule has 0 aromatic carbocycles. The van der Waals surface area contributed by atoms with Crippen LogP contribution in [0.15, 0.2) is 5.38 Å². The third-order valence-corrected chi connectivity index (χ3v) is 4.06. The molecule has 2 heterocycles. The summed E-state index contributed by atoms with van der Waals surface area (Å²) in [6.45, 7) is 1.92. The van der Waals surface area contributed by atoms with Crippen molar-refractivity contribution in [3.63, 3.8) is 0 Å². The standard InChI is InChI=1S/C12H16F3N3OS.ClH/c13-12(14,15)9-7-20-10(18-9)3-5-17-11(19)8-2-1-4-16-6-8;/h7-8,16H,1-6H2,(H,17,19);1H. The van der Waals surface area contributed by atoms with Crippen molar-refractivity contribution in [2.45, 2.75) is 25.4 Å². The molecule has 1 unspecified atom stereocenters. The van der Waals surface area contributed by atoms with E-state index in [1.807, 2.05) is 0 Å². The van der Waals surface area contributed by atoms with Crippen molar-refractivity contribution in [1.82, 2.24) is 15.6 Å². The van der Waals surface area contributed by atoms with Crippen molar-refractivity contribution in [2.75, 3.05) is 19.6 Å². The van der Waals surface area contributed by atoms with Gasteiger partial charge >= 0.3 is 6.18 Å². The van der Waals surface area contributed by atoms with Crippen LogP contribution in [-0.2, 0) is 17.4 Å². The van der Waals surface area contributed by atoms with Gasteiger partial charge in [0.2, 0.25) is 5.91 Å². The largest absolute Gasteiger partial charge is 0.434 e. The molecule has 2 N–H and O–H groups in total. The van der Waals surface area contributed by atoms with Crippen molar-refractivity contribution in [2.24, 2.45) is 5.92 Å². The van der Waals surface area contributed by atoms with Gasteiger partial charge in [-0.15, -0.1) is 23.7 Å². The Labute approximate surface area is 130 Å². The summed E-state index contributed by atoms with van der Waals surface area (Å²) >= 11 is 0.969. The fraction of sp³-hybridized carbons (Fsp3) is 0.667. The van der Waals surface area contributed by atoms with Crippen LogP contribution in [-0.4, -0.2) is 30.5 Å². The molecule has 0 aliphatic carbocycles. The second-order valence-corrected chi connectivity index (χ2v) is 5.65. The van der Waals surface area contributed by atoms with Gasteiger partial charge in [-0.1, -0.05) is 0 Å². The van der Waals surface area contributed by atoms with Gasteiger partial charge in [-0.2, -0.15) is 13.2 Å². The van der Waals surface area contributed by atoms with Crippen LogP contribution in [0.3, 0.4) is 0 Å². The molecular weight excluding hydrogens is 327 g/mol. The number of carbonyl (C=O) groups is 1. The molecule has 1 aliphatic heterocycles. The lowest BCUT2D eigenvalue weighted by Gasteiger charge is -2.21. The SMILES string of the molecule is Cl.O=C(NCCc1nc(C(F)(F)F)cs1)C1CCCNC1. The number of hydrogen-bond donors (Lipinski definition) is 2. The lowest BCUT2D eigenvalue weighted by Crippen LogP contribution is -2.41. The lowest BCUT2D eigenvalue weighted by atomic mass is 9.99. The third-order valence-electron chi connectivity index (χ3n) is 3.15. The van der Waals surface area contributed by atoms with Gasteiger partial charge in [0.25, 0.3) is 0 Å². The zero-order valence-electron chi connectivity index (χ0n) is 11.2. The second kappa shape index (κ2) is 7.95. The number of carbonyl (C=O) groups excluding carboxylic acids is 1. The van der Waals surface area contributed by atoms with Gasteiger partial charge in [0, 0.05) is 24.9 Å². The summed E-state index contributed by atoms with van der Waals surface area (Å²) in [5.74, 6) is -0.0735. The van der Waals surface area contributed by atoms with E-state index in [-0.39, 0.29) is 24.2 Å². The first-order valence-electron chi connectivity index (χ1n) is 6.47. The quantitative estimate of drug-likeness (QED) is 0.881. The normalized spacial score (nSPS) is 18.9. The Balaban J connectivity index is 0.00000220. The Hall–Kier alpha value is -0.860. The summed E-state index contributed by atoms with van der Waals surface area (Å²) < 4.78 is 37.1. The predicted octanol–water partition coefficient (Wildman–Crippen LogP) is 2.24. The van der Waals surface area contributed by atoms with E-state index in [1.54, 1.807) is 0 Å². The molecule has 0 radical (unpaired) electrons. The topological polar surface area (TPSA) is 54.0 Å². The van der Waals surface area contributed by atoms with Gasteiger partial charge < -0.3 is 10.6 Å². The zero-order valence-corrected chi connectivity index (χ0v) is 12.8. The highest BCUT2D eigenvalue weighted by Crippen LogP contribution is 2.29. The molecule has 1 atom stereocenters. The average Bonchev–Trinajstić information content (AvgIpc) is 2.88. The van der Waals surface area contributed by atoms with Crippen molar-refractivity contribution in [1.29, 1.82) is 0 Å². The minimum Gasteiger partial charge on any atom is -0.355 e. The van der Waals surface area contributed by atoms with Crippen molar-refractivity contribution >= 4 is 29.7 Å². The number of amides is 1. The summed E-state index contributed by atoms with van der Waals surface area (Å²) in [6.07, 6.45) is -2.24. The van der Waals surface area contributed by atoms with Crippen molar-refractivity contribution in [3.05, 3.63) is 16.1 Å². The van der Waals surface area contributed by atoms with E-state index in [0.717, 1.165) is 36.1 Å². The minimum atomic E-state index is -4.40. The molecule has 0 bridgehead atoms. The number of hydrogen-bond acceptors (Lipinski definition) is 4. The molecule has 1 fully saturated rings. The number of nitrogens with zero attached hydrogens (tertiary/aromatic N) is 1. The van der Waals surface area contributed by atoms with Gasteiger partial charge in [0.05, 0.1) is 10.9 Å². The fourth-order valence-corrected chi connectivity index (χ4v) is 2.87. The maximum Gasteiger partial charge on any atom is 0.434 e. The molecular formula is C12H17ClF3N3OS. The van der Waals surface area contributed by atoms with Gasteiger partial charge in [0.15, 0.2) is 5.69 Å². The van der Waals surface area contributed by atoms with Gasteiger partial charge in [-0.25, -0.2) is 4.98 Å². The monoisotopic (exact) mass is 343 g/mol. The number of halogens is 4. The molecule has 1 aromatic rings. The molecule has 9 heteroatoms. The Morgan fingerprint density at radius 2 is 2.29 bits per heavy atom. The number of alkyl halides is 3. The van der Waals surface area contributed by atoms with Crippen LogP contribution in [0.1, 0.15) is 23.5 Å². The summed E-state index contributed by atoms with van der Waals surface area (Å²) in [5.41, 5.74) is -0.861. The maximum atomic E-state index is 12.4. The second-order valence-electron chi connectivity index (χ2n) is 4.71. The molecule has 120 valence electrons. The first kappa shape index (κ1) is 18.2. The van der Waals surface area contributed by atoms with Gasteiger partial charge in [-0.3, -0.25) is 4.79 Å². The van der Waals surface area contributed by atoms with Crippen molar-refractivity contribution in [3.8, 4) is 0 Å². The first-order chi connectivity index (χ1) is 9.47. The summed E-state index contributed by atoms with van der Waals surface area (Å²) in [7, 11) is 0. The number of thiazole rings is 1. The Kier molecular flexibility index (Phi) is 6.89. The van der Waals surface area contributed by atoms with Crippen LogP contribution >= 0.6 is 23.7 Å². The zero-order chi connectivity index (χ0) is 14.6. The van der Waals surface area contributed by atoms with Crippen LogP contribution in [0.2, 0.25) is 0 Å². The van der Waals surface area contributed by atoms with Gasteiger partial charge in [-0.05, 0) is 19.4 Å². The highest BCUT2D eigenvalue weighted by atomic mass is 35.5. The van der Waals surface area contributed by atoms with E-state index in [0.29, 0.717) is 24.5 Å². The molecule has 0 spiro atoms. The molecule has 1 aromatic heterocycles. The van der Waals surface area contributed by atoms with Crippen molar-refractivity contribution < 1.29 is 18.0 Å².